The summed E-state index contributed by atoms with van der Waals surface area (Å²) in [5.74, 6) is 0.159. The summed E-state index contributed by atoms with van der Waals surface area (Å²) in [4.78, 5) is 22.5. The van der Waals surface area contributed by atoms with Crippen LogP contribution >= 0.6 is 27.3 Å². The molecule has 10 heteroatoms. The number of fused-ring (bicyclic) bond motifs is 3. The number of nitrogens with zero attached hydrogens (tertiary/aromatic N) is 6. The molecule has 0 N–H and O–H groups in total. The van der Waals surface area contributed by atoms with E-state index < -0.39 is 0 Å². The zero-order chi connectivity index (χ0) is 18.6. The van der Waals surface area contributed by atoms with Gasteiger partial charge in [-0.25, -0.2) is 19.3 Å². The first kappa shape index (κ1) is 17.1. The van der Waals surface area contributed by atoms with Crippen LogP contribution in [0, 0.1) is 13.8 Å². The smallest absolute Gasteiger partial charge is 0.348 e. The van der Waals surface area contributed by atoms with E-state index in [-0.39, 0.29) is 5.97 Å². The van der Waals surface area contributed by atoms with Crippen LogP contribution in [-0.2, 0) is 11.8 Å². The molecule has 4 aromatic rings. The van der Waals surface area contributed by atoms with Crippen LogP contribution in [0.25, 0.3) is 27.4 Å². The number of carbonyl (C=O) groups excluding carboxylic acids is 1. The van der Waals surface area contributed by atoms with Crippen LogP contribution in [-0.4, -0.2) is 41.9 Å². The summed E-state index contributed by atoms with van der Waals surface area (Å²) >= 11 is 4.86. The Morgan fingerprint density at radius 1 is 1.35 bits per heavy atom. The largest absolute Gasteiger partial charge is 0.462 e. The topological polar surface area (TPSA) is 87.2 Å². The predicted molar refractivity (Wildman–Crippen MR) is 101 cm³/mol. The van der Waals surface area contributed by atoms with Crippen LogP contribution in [0.2, 0.25) is 0 Å². The Kier molecular flexibility index (Phi) is 4.03. The first-order valence-corrected chi connectivity index (χ1v) is 9.54. The second-order valence-corrected chi connectivity index (χ2v) is 7.57. The van der Waals surface area contributed by atoms with Gasteiger partial charge in [0.1, 0.15) is 21.7 Å². The number of esters is 1. The Morgan fingerprint density at radius 3 is 2.77 bits per heavy atom. The maximum absolute atomic E-state index is 12.2. The number of aryl methyl sites for hydroxylation is 2. The van der Waals surface area contributed by atoms with Crippen molar-refractivity contribution in [2.24, 2.45) is 7.05 Å². The molecule has 26 heavy (non-hydrogen) atoms. The molecule has 4 rings (SSSR count). The van der Waals surface area contributed by atoms with Gasteiger partial charge in [-0.05, 0) is 42.3 Å². The van der Waals surface area contributed by atoms with E-state index in [0.29, 0.717) is 28.6 Å². The second-order valence-electron chi connectivity index (χ2n) is 5.78. The van der Waals surface area contributed by atoms with Crippen molar-refractivity contribution in [1.29, 1.82) is 0 Å². The van der Waals surface area contributed by atoms with E-state index in [1.54, 1.807) is 22.4 Å². The SMILES string of the molecule is CCOC(=O)c1sc2ncn3nc(-c4nn(C)c(C)c4Br)nc3c2c1C. The highest BCUT2D eigenvalue weighted by Crippen LogP contribution is 2.34. The van der Waals surface area contributed by atoms with Gasteiger partial charge in [0.05, 0.1) is 16.5 Å². The Bertz CT molecular complexity index is 1180. The van der Waals surface area contributed by atoms with Gasteiger partial charge < -0.3 is 4.74 Å². The average molecular weight is 435 g/mol. The minimum atomic E-state index is -0.339. The van der Waals surface area contributed by atoms with Crippen LogP contribution in [0.1, 0.15) is 27.9 Å². The van der Waals surface area contributed by atoms with Gasteiger partial charge in [0.15, 0.2) is 5.65 Å². The van der Waals surface area contributed by atoms with E-state index in [1.807, 2.05) is 20.9 Å². The lowest BCUT2D eigenvalue weighted by Gasteiger charge is -1.99. The fourth-order valence-corrected chi connectivity index (χ4v) is 4.30. The highest BCUT2D eigenvalue weighted by atomic mass is 79.9. The molecule has 0 spiro atoms. The van der Waals surface area contributed by atoms with Crippen molar-refractivity contribution in [1.82, 2.24) is 29.4 Å². The van der Waals surface area contributed by atoms with Crippen LogP contribution in [0.5, 0.6) is 0 Å². The molecule has 0 aliphatic carbocycles. The maximum atomic E-state index is 12.2. The van der Waals surface area contributed by atoms with Gasteiger partial charge >= 0.3 is 5.97 Å². The molecule has 0 fully saturated rings. The lowest BCUT2D eigenvalue weighted by molar-refractivity contribution is 0.0531. The van der Waals surface area contributed by atoms with Crippen molar-refractivity contribution in [2.45, 2.75) is 20.8 Å². The number of aromatic nitrogens is 6. The molecule has 0 saturated carbocycles. The number of halogens is 1. The first-order chi connectivity index (χ1) is 12.4. The van der Waals surface area contributed by atoms with Crippen molar-refractivity contribution in [3.63, 3.8) is 0 Å². The van der Waals surface area contributed by atoms with Crippen LogP contribution < -0.4 is 0 Å². The van der Waals surface area contributed by atoms with E-state index >= 15 is 0 Å². The molecule has 0 aromatic carbocycles. The van der Waals surface area contributed by atoms with Crippen molar-refractivity contribution < 1.29 is 9.53 Å². The van der Waals surface area contributed by atoms with E-state index in [2.05, 4.69) is 36.1 Å². The summed E-state index contributed by atoms with van der Waals surface area (Å²) < 4.78 is 9.38. The molecule has 0 aliphatic heterocycles. The summed E-state index contributed by atoms with van der Waals surface area (Å²) in [5.41, 5.74) is 3.10. The summed E-state index contributed by atoms with van der Waals surface area (Å²) in [6.45, 7) is 5.96. The predicted octanol–water partition coefficient (Wildman–Crippen LogP) is 3.30. The number of thiophene rings is 1. The van der Waals surface area contributed by atoms with Gasteiger partial charge in [0.25, 0.3) is 0 Å². The van der Waals surface area contributed by atoms with Gasteiger partial charge in [-0.3, -0.25) is 4.68 Å². The lowest BCUT2D eigenvalue weighted by Crippen LogP contribution is -2.03. The van der Waals surface area contributed by atoms with Crippen LogP contribution in [0.3, 0.4) is 0 Å². The van der Waals surface area contributed by atoms with E-state index in [1.165, 1.54) is 11.3 Å². The third kappa shape index (κ3) is 2.43. The zero-order valence-electron chi connectivity index (χ0n) is 14.6. The molecule has 0 radical (unpaired) electrons. The van der Waals surface area contributed by atoms with Crippen molar-refractivity contribution in [3.8, 4) is 11.5 Å². The van der Waals surface area contributed by atoms with Gasteiger partial charge in [-0.1, -0.05) is 0 Å². The average Bonchev–Trinajstić information content (AvgIpc) is 3.25. The molecule has 0 saturated heterocycles. The van der Waals surface area contributed by atoms with Crippen molar-refractivity contribution in [2.75, 3.05) is 6.61 Å². The second kappa shape index (κ2) is 6.13. The number of carbonyl (C=O) groups is 1. The summed E-state index contributed by atoms with van der Waals surface area (Å²) in [7, 11) is 1.87. The van der Waals surface area contributed by atoms with Gasteiger partial charge in [0, 0.05) is 12.7 Å². The molecule has 0 unspecified atom stereocenters. The Balaban J connectivity index is 1.94. The highest BCUT2D eigenvalue weighted by molar-refractivity contribution is 9.10. The summed E-state index contributed by atoms with van der Waals surface area (Å²) in [6, 6.07) is 0. The quantitative estimate of drug-likeness (QED) is 0.459. The normalized spacial score (nSPS) is 11.6. The van der Waals surface area contributed by atoms with Gasteiger partial charge in [-0.15, -0.1) is 16.4 Å². The Hall–Kier alpha value is -2.33. The summed E-state index contributed by atoms with van der Waals surface area (Å²) in [5, 5.41) is 9.79. The molecule has 8 nitrogen and oxygen atoms in total. The van der Waals surface area contributed by atoms with Crippen molar-refractivity contribution in [3.05, 3.63) is 26.9 Å². The molecule has 4 aromatic heterocycles. The van der Waals surface area contributed by atoms with Crippen molar-refractivity contribution >= 4 is 49.1 Å². The fraction of sp³-hybridized carbons (Fsp3) is 0.312. The summed E-state index contributed by atoms with van der Waals surface area (Å²) in [6.07, 6.45) is 1.60. The van der Waals surface area contributed by atoms with E-state index in [9.17, 15) is 4.79 Å². The van der Waals surface area contributed by atoms with Crippen LogP contribution in [0.4, 0.5) is 0 Å². The third-order valence-electron chi connectivity index (χ3n) is 4.20. The molecular formula is C16H15BrN6O2S. The number of ether oxygens (including phenoxy) is 1. The maximum Gasteiger partial charge on any atom is 0.348 e. The molecule has 4 heterocycles. The molecule has 0 bridgehead atoms. The number of hydrogen-bond acceptors (Lipinski definition) is 7. The van der Waals surface area contributed by atoms with E-state index in [0.717, 1.165) is 25.9 Å². The van der Waals surface area contributed by atoms with E-state index in [4.69, 9.17) is 4.74 Å². The molecular weight excluding hydrogens is 420 g/mol. The molecule has 0 atom stereocenters. The third-order valence-corrected chi connectivity index (χ3v) is 6.33. The molecule has 134 valence electrons. The highest BCUT2D eigenvalue weighted by Gasteiger charge is 2.23. The monoisotopic (exact) mass is 434 g/mol. The molecule has 0 aliphatic rings. The minimum Gasteiger partial charge on any atom is -0.462 e. The zero-order valence-corrected chi connectivity index (χ0v) is 17.0. The molecule has 0 amide bonds. The lowest BCUT2D eigenvalue weighted by atomic mass is 10.2. The number of rotatable bonds is 3. The first-order valence-electron chi connectivity index (χ1n) is 7.93. The number of hydrogen-bond donors (Lipinski definition) is 0. The van der Waals surface area contributed by atoms with Crippen LogP contribution in [0.15, 0.2) is 10.8 Å². The fourth-order valence-electron chi connectivity index (χ4n) is 2.75. The Morgan fingerprint density at radius 2 is 2.12 bits per heavy atom. The minimum absolute atomic E-state index is 0.331. The van der Waals surface area contributed by atoms with Gasteiger partial charge in [0.2, 0.25) is 5.82 Å². The Labute approximate surface area is 160 Å². The standard InChI is InChI=1S/C16H15BrN6O2S/c1-5-25-16(24)12-7(2)9-14-19-13(11-10(17)8(3)22(4)20-11)21-23(14)6-18-15(9)26-12/h6H,5H2,1-4H3. The van der Waals surface area contributed by atoms with Gasteiger partial charge in [-0.2, -0.15) is 5.10 Å².